The van der Waals surface area contributed by atoms with Gasteiger partial charge in [0.05, 0.1) is 0 Å². The van der Waals surface area contributed by atoms with Crippen molar-refractivity contribution in [2.45, 2.75) is 24.4 Å². The van der Waals surface area contributed by atoms with E-state index in [0.717, 1.165) is 18.9 Å². The normalized spacial score (nSPS) is 18.5. The molecule has 0 radical (unpaired) electrons. The highest BCUT2D eigenvalue weighted by molar-refractivity contribution is 6.20. The Morgan fingerprint density at radius 1 is 1.24 bits per heavy atom. The fraction of sp³-hybridized carbons (Fsp3) is 0.545. The third kappa shape index (κ3) is 3.03. The molecule has 0 unspecified atom stereocenters. The van der Waals surface area contributed by atoms with Gasteiger partial charge in [0.2, 0.25) is 0 Å². The number of piperidine rings is 1. The lowest BCUT2D eigenvalue weighted by Crippen LogP contribution is -2.34. The molecule has 1 saturated heterocycles. The van der Waals surface area contributed by atoms with E-state index in [1.807, 2.05) is 4.90 Å². The zero-order valence-corrected chi connectivity index (χ0v) is 9.80. The molecule has 2 nitrogen and oxygen atoms in total. The Bertz CT molecular complexity index is 387. The van der Waals surface area contributed by atoms with Crippen molar-refractivity contribution in [2.24, 2.45) is 0 Å². The van der Waals surface area contributed by atoms with Crippen LogP contribution in [0.3, 0.4) is 0 Å². The summed E-state index contributed by atoms with van der Waals surface area (Å²) in [4.78, 5) is 5.49. The second kappa shape index (κ2) is 4.72. The highest BCUT2D eigenvalue weighted by atomic mass is 35.5. The van der Waals surface area contributed by atoms with Gasteiger partial charge in [-0.3, -0.25) is 0 Å². The zero-order valence-electron chi connectivity index (χ0n) is 9.04. The van der Waals surface area contributed by atoms with Crippen LogP contribution < -0.4 is 4.90 Å². The van der Waals surface area contributed by atoms with Crippen LogP contribution in [0, 0.1) is 0 Å². The van der Waals surface area contributed by atoms with Crippen LogP contribution in [-0.4, -0.2) is 23.5 Å². The van der Waals surface area contributed by atoms with E-state index in [9.17, 15) is 13.2 Å². The molecule has 2 rings (SSSR count). The Balaban J connectivity index is 2.16. The molecule has 1 aromatic heterocycles. The molecule has 0 N–H and O–H groups in total. The predicted octanol–water partition coefficient (Wildman–Crippen LogP) is 3.31. The number of aromatic nitrogens is 1. The molecule has 2 heterocycles. The van der Waals surface area contributed by atoms with E-state index in [0.29, 0.717) is 18.9 Å². The summed E-state index contributed by atoms with van der Waals surface area (Å²) in [6.07, 6.45) is -2.83. The summed E-state index contributed by atoms with van der Waals surface area (Å²) in [5.74, 6) is 0.378. The van der Waals surface area contributed by atoms with Gasteiger partial charge in [-0.1, -0.05) is 6.07 Å². The molecule has 17 heavy (non-hydrogen) atoms. The minimum absolute atomic E-state index is 0.122. The first-order valence-corrected chi connectivity index (χ1v) is 5.84. The third-order valence-electron chi connectivity index (χ3n) is 2.77. The summed E-state index contributed by atoms with van der Waals surface area (Å²) in [5, 5.41) is 0.122. The highest BCUT2D eigenvalue weighted by Crippen LogP contribution is 2.29. The lowest BCUT2D eigenvalue weighted by Gasteiger charge is -2.30. The molecule has 1 fully saturated rings. The van der Waals surface area contributed by atoms with Gasteiger partial charge in [0, 0.05) is 18.5 Å². The number of nitrogens with zero attached hydrogens (tertiary/aromatic N) is 2. The monoisotopic (exact) mass is 264 g/mol. The minimum Gasteiger partial charge on any atom is -0.357 e. The number of halogens is 4. The Kier molecular flexibility index (Phi) is 3.47. The maximum absolute atomic E-state index is 12.5. The first-order chi connectivity index (χ1) is 7.97. The molecule has 0 atom stereocenters. The van der Waals surface area contributed by atoms with E-state index in [1.54, 1.807) is 6.07 Å². The van der Waals surface area contributed by atoms with Gasteiger partial charge >= 0.3 is 6.18 Å². The maximum Gasteiger partial charge on any atom is 0.433 e. The number of hydrogen-bond acceptors (Lipinski definition) is 2. The lowest BCUT2D eigenvalue weighted by molar-refractivity contribution is -0.141. The average Bonchev–Trinajstić information content (AvgIpc) is 2.29. The van der Waals surface area contributed by atoms with Gasteiger partial charge in [-0.15, -0.1) is 11.6 Å². The van der Waals surface area contributed by atoms with Gasteiger partial charge < -0.3 is 4.90 Å². The van der Waals surface area contributed by atoms with Gasteiger partial charge in [-0.25, -0.2) is 4.98 Å². The summed E-state index contributed by atoms with van der Waals surface area (Å²) in [6, 6.07) is 3.97. The van der Waals surface area contributed by atoms with E-state index < -0.39 is 11.9 Å². The Morgan fingerprint density at radius 3 is 2.47 bits per heavy atom. The average molecular weight is 265 g/mol. The highest BCUT2D eigenvalue weighted by Gasteiger charge is 2.33. The third-order valence-corrected chi connectivity index (χ3v) is 3.21. The predicted molar refractivity (Wildman–Crippen MR) is 60.3 cm³/mol. The smallest absolute Gasteiger partial charge is 0.357 e. The molecule has 0 aromatic carbocycles. The second-order valence-electron chi connectivity index (χ2n) is 4.04. The van der Waals surface area contributed by atoms with Crippen LogP contribution in [0.5, 0.6) is 0 Å². The fourth-order valence-electron chi connectivity index (χ4n) is 1.83. The first kappa shape index (κ1) is 12.5. The molecule has 0 spiro atoms. The molecule has 1 aromatic rings. The summed E-state index contributed by atoms with van der Waals surface area (Å²) in [5.41, 5.74) is -0.844. The van der Waals surface area contributed by atoms with Crippen LogP contribution in [0.2, 0.25) is 0 Å². The molecule has 94 valence electrons. The van der Waals surface area contributed by atoms with E-state index in [4.69, 9.17) is 11.6 Å². The van der Waals surface area contributed by atoms with E-state index >= 15 is 0 Å². The van der Waals surface area contributed by atoms with Crippen molar-refractivity contribution in [2.75, 3.05) is 18.0 Å². The summed E-state index contributed by atoms with van der Waals surface area (Å²) in [6.45, 7) is 1.31. The second-order valence-corrected chi connectivity index (χ2v) is 4.66. The van der Waals surface area contributed by atoms with E-state index in [1.165, 1.54) is 6.07 Å². The van der Waals surface area contributed by atoms with Crippen LogP contribution in [0.25, 0.3) is 0 Å². The van der Waals surface area contributed by atoms with E-state index in [2.05, 4.69) is 4.98 Å². The summed E-state index contributed by atoms with van der Waals surface area (Å²) in [7, 11) is 0. The van der Waals surface area contributed by atoms with Gasteiger partial charge in [0.1, 0.15) is 11.5 Å². The number of rotatable bonds is 1. The lowest BCUT2D eigenvalue weighted by atomic mass is 10.1. The topological polar surface area (TPSA) is 16.1 Å². The van der Waals surface area contributed by atoms with Crippen molar-refractivity contribution in [1.82, 2.24) is 4.98 Å². The SMILES string of the molecule is FC(F)(F)c1cccc(N2CCC(Cl)CC2)n1. The van der Waals surface area contributed by atoms with Crippen molar-refractivity contribution in [3.63, 3.8) is 0 Å². The van der Waals surface area contributed by atoms with Crippen LogP contribution in [0.1, 0.15) is 18.5 Å². The van der Waals surface area contributed by atoms with Crippen LogP contribution in [0.4, 0.5) is 19.0 Å². The molecule has 0 saturated carbocycles. The Hall–Kier alpha value is -0.970. The van der Waals surface area contributed by atoms with Crippen molar-refractivity contribution < 1.29 is 13.2 Å². The van der Waals surface area contributed by atoms with Gasteiger partial charge in [0.15, 0.2) is 0 Å². The van der Waals surface area contributed by atoms with Gasteiger partial charge in [0.25, 0.3) is 0 Å². The molecule has 1 aliphatic heterocycles. The molecular formula is C11H12ClF3N2. The molecule has 0 bridgehead atoms. The Labute approximate surface area is 102 Å². The minimum atomic E-state index is -4.39. The maximum atomic E-state index is 12.5. The van der Waals surface area contributed by atoms with Crippen LogP contribution >= 0.6 is 11.6 Å². The van der Waals surface area contributed by atoms with Crippen LogP contribution in [0.15, 0.2) is 18.2 Å². The number of hydrogen-bond donors (Lipinski definition) is 0. The molecule has 0 amide bonds. The largest absolute Gasteiger partial charge is 0.433 e. The van der Waals surface area contributed by atoms with Crippen LogP contribution in [-0.2, 0) is 6.18 Å². The number of alkyl halides is 4. The zero-order chi connectivity index (χ0) is 12.5. The molecule has 0 aliphatic carbocycles. The van der Waals surface area contributed by atoms with Crippen molar-refractivity contribution in [3.05, 3.63) is 23.9 Å². The quantitative estimate of drug-likeness (QED) is 0.724. The molecule has 6 heteroatoms. The van der Waals surface area contributed by atoms with Crippen molar-refractivity contribution in [1.29, 1.82) is 0 Å². The molecule has 1 aliphatic rings. The number of pyridine rings is 1. The van der Waals surface area contributed by atoms with Crippen molar-refractivity contribution in [3.8, 4) is 0 Å². The Morgan fingerprint density at radius 2 is 1.88 bits per heavy atom. The molecular weight excluding hydrogens is 253 g/mol. The van der Waals surface area contributed by atoms with Crippen molar-refractivity contribution >= 4 is 17.4 Å². The first-order valence-electron chi connectivity index (χ1n) is 5.40. The van der Waals surface area contributed by atoms with Gasteiger partial charge in [-0.05, 0) is 25.0 Å². The summed E-state index contributed by atoms with van der Waals surface area (Å²) < 4.78 is 37.5. The summed E-state index contributed by atoms with van der Waals surface area (Å²) >= 11 is 5.95. The number of anilines is 1. The fourth-order valence-corrected chi connectivity index (χ4v) is 2.03. The van der Waals surface area contributed by atoms with Gasteiger partial charge in [-0.2, -0.15) is 13.2 Å². The standard InChI is InChI=1S/C11H12ClF3N2/c12-8-4-6-17(7-5-8)10-3-1-2-9(16-10)11(13,14)15/h1-3,8H,4-7H2. The van der Waals surface area contributed by atoms with E-state index in [-0.39, 0.29) is 5.38 Å².